The zero-order chi connectivity index (χ0) is 12.1. The quantitative estimate of drug-likeness (QED) is 0.716. The molecule has 0 N–H and O–H groups in total. The first kappa shape index (κ1) is 12.4. The number of ketones is 2. The van der Waals surface area contributed by atoms with Crippen molar-refractivity contribution in [2.45, 2.75) is 20.8 Å². The van der Waals surface area contributed by atoms with Gasteiger partial charge in [-0.2, -0.15) is 0 Å². The molecule has 1 aromatic carbocycles. The highest BCUT2D eigenvalue weighted by Gasteiger charge is 2.08. The molecule has 0 aliphatic carbocycles. The number of rotatable bonds is 5. The Bertz CT molecular complexity index is 394. The lowest BCUT2D eigenvalue weighted by atomic mass is 10.1. The van der Waals surface area contributed by atoms with Gasteiger partial charge in [-0.05, 0) is 19.1 Å². The Balaban J connectivity index is 2.64. The maximum atomic E-state index is 11.3. The smallest absolute Gasteiger partial charge is 0.172 e. The van der Waals surface area contributed by atoms with Crippen LogP contribution in [0.5, 0.6) is 5.75 Å². The van der Waals surface area contributed by atoms with Crippen LogP contribution in [0.3, 0.4) is 0 Å². The van der Waals surface area contributed by atoms with Crippen molar-refractivity contribution >= 4 is 11.6 Å². The standard InChI is InChI=1S/C13H16O3/c1-9(2)13(15)8-16-12-6-4-5-11(7-12)10(3)14/h4-7,9H,8H2,1-3H3. The van der Waals surface area contributed by atoms with Gasteiger partial charge in [-0.3, -0.25) is 9.59 Å². The number of carbonyl (C=O) groups is 2. The molecule has 0 amide bonds. The van der Waals surface area contributed by atoms with Crippen molar-refractivity contribution in [3.8, 4) is 5.75 Å². The summed E-state index contributed by atoms with van der Waals surface area (Å²) in [6, 6.07) is 6.85. The molecule has 0 saturated carbocycles. The molecule has 86 valence electrons. The zero-order valence-corrected chi connectivity index (χ0v) is 9.82. The highest BCUT2D eigenvalue weighted by atomic mass is 16.5. The minimum atomic E-state index is -0.0315. The average Bonchev–Trinajstić information content (AvgIpc) is 2.26. The van der Waals surface area contributed by atoms with Crippen LogP contribution in [-0.2, 0) is 4.79 Å². The first-order valence-electron chi connectivity index (χ1n) is 5.27. The Morgan fingerprint density at radius 1 is 1.31 bits per heavy atom. The van der Waals surface area contributed by atoms with Gasteiger partial charge < -0.3 is 4.74 Å². The third kappa shape index (κ3) is 3.50. The van der Waals surface area contributed by atoms with E-state index >= 15 is 0 Å². The van der Waals surface area contributed by atoms with Crippen molar-refractivity contribution in [1.29, 1.82) is 0 Å². The molecule has 0 aliphatic heterocycles. The fraction of sp³-hybridized carbons (Fsp3) is 0.385. The summed E-state index contributed by atoms with van der Waals surface area (Å²) in [6.45, 7) is 5.22. The summed E-state index contributed by atoms with van der Waals surface area (Å²) >= 11 is 0. The Kier molecular flexibility index (Phi) is 4.23. The van der Waals surface area contributed by atoms with E-state index in [-0.39, 0.29) is 24.1 Å². The van der Waals surface area contributed by atoms with E-state index in [1.807, 2.05) is 13.8 Å². The van der Waals surface area contributed by atoms with Gasteiger partial charge in [0.15, 0.2) is 11.6 Å². The molecular formula is C13H16O3. The van der Waals surface area contributed by atoms with Crippen LogP contribution >= 0.6 is 0 Å². The van der Waals surface area contributed by atoms with E-state index in [9.17, 15) is 9.59 Å². The van der Waals surface area contributed by atoms with Crippen LogP contribution in [0.2, 0.25) is 0 Å². The normalized spacial score (nSPS) is 10.2. The van der Waals surface area contributed by atoms with E-state index < -0.39 is 0 Å². The summed E-state index contributed by atoms with van der Waals surface area (Å²) in [5, 5.41) is 0. The van der Waals surface area contributed by atoms with Crippen molar-refractivity contribution in [1.82, 2.24) is 0 Å². The van der Waals surface area contributed by atoms with E-state index in [1.54, 1.807) is 24.3 Å². The van der Waals surface area contributed by atoms with Crippen LogP contribution in [0.15, 0.2) is 24.3 Å². The summed E-state index contributed by atoms with van der Waals surface area (Å²) < 4.78 is 5.32. The van der Waals surface area contributed by atoms with Crippen molar-refractivity contribution in [2.75, 3.05) is 6.61 Å². The monoisotopic (exact) mass is 220 g/mol. The van der Waals surface area contributed by atoms with Crippen LogP contribution in [0, 0.1) is 5.92 Å². The molecule has 3 nitrogen and oxygen atoms in total. The average molecular weight is 220 g/mol. The number of benzene rings is 1. The minimum Gasteiger partial charge on any atom is -0.486 e. The number of carbonyl (C=O) groups excluding carboxylic acids is 2. The molecule has 0 spiro atoms. The number of ether oxygens (including phenoxy) is 1. The Morgan fingerprint density at radius 2 is 2.00 bits per heavy atom. The maximum absolute atomic E-state index is 11.3. The first-order chi connectivity index (χ1) is 7.50. The predicted molar refractivity (Wildman–Crippen MR) is 61.8 cm³/mol. The van der Waals surface area contributed by atoms with Gasteiger partial charge in [0.05, 0.1) is 0 Å². The Morgan fingerprint density at radius 3 is 2.56 bits per heavy atom. The number of Topliss-reactive ketones (excluding diaryl/α,β-unsaturated/α-hetero) is 2. The van der Waals surface area contributed by atoms with Crippen molar-refractivity contribution < 1.29 is 14.3 Å². The van der Waals surface area contributed by atoms with Gasteiger partial charge in [0.25, 0.3) is 0 Å². The van der Waals surface area contributed by atoms with Crippen molar-refractivity contribution in [3.05, 3.63) is 29.8 Å². The summed E-state index contributed by atoms with van der Waals surface area (Å²) in [5.41, 5.74) is 0.592. The van der Waals surface area contributed by atoms with Crippen LogP contribution in [0.1, 0.15) is 31.1 Å². The van der Waals surface area contributed by atoms with E-state index in [0.717, 1.165) is 0 Å². The molecule has 0 saturated heterocycles. The van der Waals surface area contributed by atoms with Gasteiger partial charge in [-0.1, -0.05) is 26.0 Å². The SMILES string of the molecule is CC(=O)c1cccc(OCC(=O)C(C)C)c1. The molecular weight excluding hydrogens is 204 g/mol. The lowest BCUT2D eigenvalue weighted by Gasteiger charge is -2.07. The number of hydrogen-bond donors (Lipinski definition) is 0. The minimum absolute atomic E-state index is 0.0133. The molecule has 0 bridgehead atoms. The van der Waals surface area contributed by atoms with Crippen LogP contribution in [0.25, 0.3) is 0 Å². The van der Waals surface area contributed by atoms with Gasteiger partial charge in [-0.25, -0.2) is 0 Å². The molecule has 1 rings (SSSR count). The van der Waals surface area contributed by atoms with E-state index in [1.165, 1.54) is 6.92 Å². The summed E-state index contributed by atoms with van der Waals surface area (Å²) in [4.78, 5) is 22.5. The molecule has 0 aromatic heterocycles. The zero-order valence-electron chi connectivity index (χ0n) is 9.82. The van der Waals surface area contributed by atoms with E-state index in [0.29, 0.717) is 11.3 Å². The topological polar surface area (TPSA) is 43.4 Å². The Labute approximate surface area is 95.4 Å². The van der Waals surface area contributed by atoms with E-state index in [2.05, 4.69) is 0 Å². The van der Waals surface area contributed by atoms with Crippen LogP contribution in [-0.4, -0.2) is 18.2 Å². The highest BCUT2D eigenvalue weighted by Crippen LogP contribution is 2.14. The molecule has 0 heterocycles. The van der Waals surface area contributed by atoms with E-state index in [4.69, 9.17) is 4.74 Å². The second-order valence-corrected chi connectivity index (χ2v) is 3.99. The van der Waals surface area contributed by atoms with Gasteiger partial charge in [0.1, 0.15) is 12.4 Å². The van der Waals surface area contributed by atoms with Gasteiger partial charge in [0, 0.05) is 11.5 Å². The third-order valence-corrected chi connectivity index (χ3v) is 2.27. The van der Waals surface area contributed by atoms with Crippen LogP contribution < -0.4 is 4.74 Å². The fourth-order valence-corrected chi connectivity index (χ4v) is 1.13. The summed E-state index contributed by atoms with van der Waals surface area (Å²) in [5.74, 6) is 0.562. The first-order valence-corrected chi connectivity index (χ1v) is 5.27. The molecule has 0 atom stereocenters. The maximum Gasteiger partial charge on any atom is 0.172 e. The largest absolute Gasteiger partial charge is 0.486 e. The molecule has 0 unspecified atom stereocenters. The molecule has 16 heavy (non-hydrogen) atoms. The van der Waals surface area contributed by atoms with Gasteiger partial charge in [-0.15, -0.1) is 0 Å². The second kappa shape index (κ2) is 5.45. The number of hydrogen-bond acceptors (Lipinski definition) is 3. The fourth-order valence-electron chi connectivity index (χ4n) is 1.13. The molecule has 1 aromatic rings. The van der Waals surface area contributed by atoms with Crippen molar-refractivity contribution in [2.24, 2.45) is 5.92 Å². The predicted octanol–water partition coefficient (Wildman–Crippen LogP) is 2.49. The molecule has 0 aliphatic rings. The second-order valence-electron chi connectivity index (χ2n) is 3.99. The summed E-state index contributed by atoms with van der Waals surface area (Å²) in [7, 11) is 0. The molecule has 3 heteroatoms. The van der Waals surface area contributed by atoms with Gasteiger partial charge in [0.2, 0.25) is 0 Å². The highest BCUT2D eigenvalue weighted by molar-refractivity contribution is 5.94. The molecule has 0 fully saturated rings. The summed E-state index contributed by atoms with van der Waals surface area (Å²) in [6.07, 6.45) is 0. The van der Waals surface area contributed by atoms with Crippen molar-refractivity contribution in [3.63, 3.8) is 0 Å². The van der Waals surface area contributed by atoms with Gasteiger partial charge >= 0.3 is 0 Å². The lowest BCUT2D eigenvalue weighted by Crippen LogP contribution is -2.16. The lowest BCUT2D eigenvalue weighted by molar-refractivity contribution is -0.123. The van der Waals surface area contributed by atoms with Crippen LogP contribution in [0.4, 0.5) is 0 Å². The third-order valence-electron chi connectivity index (χ3n) is 2.27. The molecule has 0 radical (unpaired) electrons. The Hall–Kier alpha value is -1.64.